The number of fused-ring (bicyclic) bond motifs is 1. The molecule has 1 amide bonds. The summed E-state index contributed by atoms with van der Waals surface area (Å²) in [5, 5.41) is 2.58. The van der Waals surface area contributed by atoms with Gasteiger partial charge in [0.2, 0.25) is 5.91 Å². The summed E-state index contributed by atoms with van der Waals surface area (Å²) in [5.41, 5.74) is 1.46. The average molecular weight is 413 g/mol. The Morgan fingerprint density at radius 3 is 2.53 bits per heavy atom. The Morgan fingerprint density at radius 1 is 1.00 bits per heavy atom. The quantitative estimate of drug-likeness (QED) is 0.690. The molecule has 4 rings (SSSR count). The first kappa shape index (κ1) is 20.1. The molecule has 0 spiro atoms. The van der Waals surface area contributed by atoms with Crippen molar-refractivity contribution in [2.24, 2.45) is 0 Å². The van der Waals surface area contributed by atoms with Gasteiger partial charge < -0.3 is 5.32 Å². The number of benzene rings is 1. The van der Waals surface area contributed by atoms with Gasteiger partial charge >= 0.3 is 0 Å². The van der Waals surface area contributed by atoms with Gasteiger partial charge in [-0.2, -0.15) is 0 Å². The van der Waals surface area contributed by atoms with Crippen molar-refractivity contribution in [2.45, 2.75) is 6.54 Å². The van der Waals surface area contributed by atoms with Crippen LogP contribution in [0.3, 0.4) is 0 Å². The highest BCUT2D eigenvalue weighted by Crippen LogP contribution is 2.13. The number of nitrogens with zero attached hydrogens (tertiary/aromatic N) is 4. The zero-order valence-electron chi connectivity index (χ0n) is 16.2. The smallest absolute Gasteiger partial charge is 0.258 e. The number of pyridine rings is 1. The normalized spacial score (nSPS) is 15.4. The number of nitrogens with one attached hydrogen (secondary N) is 1. The first-order valence-corrected chi connectivity index (χ1v) is 9.65. The maximum absolute atomic E-state index is 13.3. The highest BCUT2D eigenvalue weighted by atomic mass is 19.2. The molecular weight excluding hydrogens is 392 g/mol. The first-order valence-electron chi connectivity index (χ1n) is 9.65. The van der Waals surface area contributed by atoms with Gasteiger partial charge in [-0.25, -0.2) is 13.8 Å². The van der Waals surface area contributed by atoms with Crippen molar-refractivity contribution < 1.29 is 13.6 Å². The second-order valence-corrected chi connectivity index (χ2v) is 7.24. The molecule has 0 bridgehead atoms. The molecule has 0 saturated carbocycles. The summed E-state index contributed by atoms with van der Waals surface area (Å²) in [6.45, 7) is 3.55. The van der Waals surface area contributed by atoms with Crippen LogP contribution in [0.1, 0.15) is 5.69 Å². The van der Waals surface area contributed by atoms with E-state index in [9.17, 15) is 18.4 Å². The number of hydrogen-bond donors (Lipinski definition) is 1. The SMILES string of the molecule is O=C(CN1CCN(Cc2cc(=O)n3ccccc3n2)CC1)Nc1ccc(F)c(F)c1. The molecule has 0 unspecified atom stereocenters. The molecule has 7 nitrogen and oxygen atoms in total. The minimum atomic E-state index is -0.997. The molecule has 0 radical (unpaired) electrons. The lowest BCUT2D eigenvalue weighted by Gasteiger charge is -2.34. The van der Waals surface area contributed by atoms with E-state index in [1.807, 2.05) is 11.0 Å². The van der Waals surface area contributed by atoms with E-state index in [0.717, 1.165) is 30.9 Å². The first-order chi connectivity index (χ1) is 14.5. The zero-order chi connectivity index (χ0) is 21.1. The van der Waals surface area contributed by atoms with Gasteiger partial charge in [-0.15, -0.1) is 0 Å². The molecule has 30 heavy (non-hydrogen) atoms. The Labute approximate surface area is 171 Å². The van der Waals surface area contributed by atoms with E-state index in [-0.39, 0.29) is 23.7 Å². The maximum atomic E-state index is 13.3. The van der Waals surface area contributed by atoms with Crippen LogP contribution in [0.5, 0.6) is 0 Å². The largest absolute Gasteiger partial charge is 0.325 e. The van der Waals surface area contributed by atoms with Crippen molar-refractivity contribution in [3.63, 3.8) is 0 Å². The molecule has 1 aromatic carbocycles. The number of rotatable bonds is 5. The lowest BCUT2D eigenvalue weighted by molar-refractivity contribution is -0.117. The summed E-state index contributed by atoms with van der Waals surface area (Å²) in [6.07, 6.45) is 1.69. The molecule has 1 N–H and O–H groups in total. The fraction of sp³-hybridized carbons (Fsp3) is 0.286. The maximum Gasteiger partial charge on any atom is 0.258 e. The summed E-state index contributed by atoms with van der Waals surface area (Å²) >= 11 is 0. The molecule has 2 aromatic heterocycles. The van der Waals surface area contributed by atoms with Gasteiger partial charge in [0.15, 0.2) is 11.6 Å². The lowest BCUT2D eigenvalue weighted by atomic mass is 10.2. The van der Waals surface area contributed by atoms with Crippen LogP contribution in [0, 0.1) is 11.6 Å². The molecule has 1 aliphatic heterocycles. The van der Waals surface area contributed by atoms with E-state index in [2.05, 4.69) is 15.2 Å². The molecule has 1 fully saturated rings. The number of hydrogen-bond acceptors (Lipinski definition) is 5. The molecule has 0 aliphatic carbocycles. The number of anilines is 1. The molecule has 1 aliphatic rings. The average Bonchev–Trinajstić information content (AvgIpc) is 2.72. The van der Waals surface area contributed by atoms with Gasteiger partial charge in [-0.05, 0) is 24.3 Å². The van der Waals surface area contributed by atoms with Gasteiger partial charge in [-0.3, -0.25) is 23.8 Å². The Bertz CT molecular complexity index is 1130. The van der Waals surface area contributed by atoms with E-state index in [4.69, 9.17) is 0 Å². The third-order valence-electron chi connectivity index (χ3n) is 5.05. The van der Waals surface area contributed by atoms with Crippen molar-refractivity contribution in [3.05, 3.63) is 76.3 Å². The summed E-state index contributed by atoms with van der Waals surface area (Å²) in [5.74, 6) is -2.23. The number of aromatic nitrogens is 2. The predicted octanol–water partition coefficient (Wildman–Crippen LogP) is 1.73. The third-order valence-corrected chi connectivity index (χ3v) is 5.05. The molecule has 9 heteroatoms. The monoisotopic (exact) mass is 413 g/mol. The van der Waals surface area contributed by atoms with Crippen LogP contribution < -0.4 is 10.9 Å². The van der Waals surface area contributed by atoms with Gasteiger partial charge in [0.25, 0.3) is 5.56 Å². The Kier molecular flexibility index (Phi) is 5.82. The van der Waals surface area contributed by atoms with E-state index < -0.39 is 11.6 Å². The van der Waals surface area contributed by atoms with E-state index >= 15 is 0 Å². The number of piperazine rings is 1. The van der Waals surface area contributed by atoms with E-state index in [1.54, 1.807) is 24.4 Å². The standard InChI is InChI=1S/C21H21F2N5O2/c22-17-5-4-15(11-18(17)23)25-20(29)14-27-9-7-26(8-10-27)13-16-12-21(30)28-6-2-1-3-19(28)24-16/h1-6,11-12H,7-10,13-14H2,(H,25,29). The van der Waals surface area contributed by atoms with Gasteiger partial charge in [0.05, 0.1) is 12.2 Å². The Hall–Kier alpha value is -3.17. The number of amides is 1. The Balaban J connectivity index is 1.29. The van der Waals surface area contributed by atoms with Crippen LogP contribution in [0.2, 0.25) is 0 Å². The summed E-state index contributed by atoms with van der Waals surface area (Å²) < 4.78 is 27.7. The van der Waals surface area contributed by atoms with E-state index in [1.165, 1.54) is 10.5 Å². The van der Waals surface area contributed by atoms with Crippen molar-refractivity contribution in [1.29, 1.82) is 0 Å². The van der Waals surface area contributed by atoms with Crippen LogP contribution in [-0.4, -0.2) is 57.8 Å². The second kappa shape index (κ2) is 8.68. The van der Waals surface area contributed by atoms with E-state index in [0.29, 0.717) is 25.3 Å². The van der Waals surface area contributed by atoms with Crippen LogP contribution >= 0.6 is 0 Å². The fourth-order valence-corrected chi connectivity index (χ4v) is 3.50. The van der Waals surface area contributed by atoms with Crippen LogP contribution in [-0.2, 0) is 11.3 Å². The highest BCUT2D eigenvalue weighted by Gasteiger charge is 2.20. The molecular formula is C21H21F2N5O2. The van der Waals surface area contributed by atoms with Gasteiger partial charge in [0, 0.05) is 56.7 Å². The summed E-state index contributed by atoms with van der Waals surface area (Å²) in [6, 6.07) is 10.3. The molecule has 156 valence electrons. The highest BCUT2D eigenvalue weighted by molar-refractivity contribution is 5.92. The van der Waals surface area contributed by atoms with Crippen molar-refractivity contribution in [2.75, 3.05) is 38.0 Å². The van der Waals surface area contributed by atoms with Crippen LogP contribution in [0.4, 0.5) is 14.5 Å². The third kappa shape index (κ3) is 4.69. The number of halogens is 2. The number of carbonyl (C=O) groups is 1. The predicted molar refractivity (Wildman–Crippen MR) is 108 cm³/mol. The Morgan fingerprint density at radius 2 is 1.77 bits per heavy atom. The van der Waals surface area contributed by atoms with Crippen LogP contribution in [0.15, 0.2) is 53.5 Å². The van der Waals surface area contributed by atoms with Crippen LogP contribution in [0.25, 0.3) is 5.65 Å². The molecule has 3 aromatic rings. The fourth-order valence-electron chi connectivity index (χ4n) is 3.50. The minimum absolute atomic E-state index is 0.108. The van der Waals surface area contributed by atoms with Gasteiger partial charge in [0.1, 0.15) is 5.65 Å². The molecule has 0 atom stereocenters. The van der Waals surface area contributed by atoms with Gasteiger partial charge in [-0.1, -0.05) is 6.07 Å². The van der Waals surface area contributed by atoms with Crippen molar-refractivity contribution in [1.82, 2.24) is 19.2 Å². The second-order valence-electron chi connectivity index (χ2n) is 7.24. The lowest BCUT2D eigenvalue weighted by Crippen LogP contribution is -2.48. The minimum Gasteiger partial charge on any atom is -0.325 e. The summed E-state index contributed by atoms with van der Waals surface area (Å²) in [4.78, 5) is 33.1. The zero-order valence-corrected chi connectivity index (χ0v) is 16.2. The topological polar surface area (TPSA) is 70.0 Å². The van der Waals surface area contributed by atoms with Crippen molar-refractivity contribution >= 4 is 17.2 Å². The molecule has 3 heterocycles. The molecule has 1 saturated heterocycles. The van der Waals surface area contributed by atoms with Crippen molar-refractivity contribution in [3.8, 4) is 0 Å². The summed E-state index contributed by atoms with van der Waals surface area (Å²) in [7, 11) is 0. The number of carbonyl (C=O) groups excluding carboxylic acids is 1.